The largest absolute Gasteiger partial charge is 0.497 e. The van der Waals surface area contributed by atoms with Crippen molar-refractivity contribution < 1.29 is 19.1 Å². The molecule has 1 atom stereocenters. The minimum atomic E-state index is -0.740. The average Bonchev–Trinajstić information content (AvgIpc) is 3.70. The molecule has 0 saturated heterocycles. The zero-order valence-corrected chi connectivity index (χ0v) is 19.2. The fourth-order valence-electron chi connectivity index (χ4n) is 4.05. The highest BCUT2D eigenvalue weighted by molar-refractivity contribution is 5.82. The molecule has 0 radical (unpaired) electrons. The van der Waals surface area contributed by atoms with E-state index in [9.17, 15) is 19.2 Å². The summed E-state index contributed by atoms with van der Waals surface area (Å²) in [6.45, 7) is 0.993. The number of aromatic nitrogens is 2. The summed E-state index contributed by atoms with van der Waals surface area (Å²) >= 11 is 0. The molecular weight excluding hydrogens is 438 g/mol. The summed E-state index contributed by atoms with van der Waals surface area (Å²) in [7, 11) is 1.59. The number of nitrogens with zero attached hydrogens (tertiary/aromatic N) is 2. The lowest BCUT2D eigenvalue weighted by atomic mass is 10.0. The van der Waals surface area contributed by atoms with E-state index in [0.717, 1.165) is 28.7 Å². The molecule has 0 bridgehead atoms. The minimum Gasteiger partial charge on any atom is -0.497 e. The first-order valence-corrected chi connectivity index (χ1v) is 11.2. The molecule has 1 unspecified atom stereocenters. The van der Waals surface area contributed by atoms with E-state index in [1.807, 2.05) is 24.3 Å². The Balaban J connectivity index is 1.43. The topological polar surface area (TPSA) is 109 Å². The van der Waals surface area contributed by atoms with Crippen LogP contribution < -0.4 is 21.3 Å². The average molecular weight is 466 g/mol. The first-order chi connectivity index (χ1) is 16.4. The highest BCUT2D eigenvalue weighted by atomic mass is 16.5. The molecule has 3 aromatic rings. The van der Waals surface area contributed by atoms with E-state index in [1.54, 1.807) is 38.3 Å². The van der Waals surface area contributed by atoms with E-state index < -0.39 is 36.3 Å². The molecule has 178 valence electrons. The second-order valence-electron chi connectivity index (χ2n) is 8.25. The molecule has 0 spiro atoms. The smallest absolute Gasteiger partial charge is 0.332 e. The van der Waals surface area contributed by atoms with Crippen molar-refractivity contribution in [2.75, 3.05) is 13.7 Å². The molecule has 1 saturated carbocycles. The van der Waals surface area contributed by atoms with Crippen molar-refractivity contribution in [2.24, 2.45) is 5.92 Å². The highest BCUT2D eigenvalue weighted by Crippen LogP contribution is 2.41. The molecule has 1 N–H and O–H groups in total. The third-order valence-corrected chi connectivity index (χ3v) is 5.98. The number of esters is 1. The van der Waals surface area contributed by atoms with E-state index in [0.29, 0.717) is 16.8 Å². The van der Waals surface area contributed by atoms with Crippen LogP contribution in [0.15, 0.2) is 58.1 Å². The van der Waals surface area contributed by atoms with Crippen molar-refractivity contribution in [1.82, 2.24) is 14.5 Å². The molecule has 9 nitrogen and oxygen atoms in total. The highest BCUT2D eigenvalue weighted by Gasteiger charge is 2.33. The van der Waals surface area contributed by atoms with E-state index in [-0.39, 0.29) is 12.6 Å². The number of nitrogens with one attached hydrogen (secondary N) is 1. The Kier molecular flexibility index (Phi) is 6.81. The SMILES string of the molecule is CCn1c(=O)c2ccccc2n(CC(=O)OCC(=O)NC(c2ccc(OC)cc2)C2CC2)c1=O. The van der Waals surface area contributed by atoms with Crippen molar-refractivity contribution in [3.05, 3.63) is 74.9 Å². The Labute approximate surface area is 195 Å². The van der Waals surface area contributed by atoms with E-state index in [4.69, 9.17) is 9.47 Å². The maximum Gasteiger partial charge on any atom is 0.332 e. The van der Waals surface area contributed by atoms with Crippen LogP contribution in [0.2, 0.25) is 0 Å². The maximum absolute atomic E-state index is 12.8. The molecule has 1 fully saturated rings. The van der Waals surface area contributed by atoms with Crippen LogP contribution in [0.25, 0.3) is 10.9 Å². The van der Waals surface area contributed by atoms with Crippen molar-refractivity contribution in [1.29, 1.82) is 0 Å². The van der Waals surface area contributed by atoms with Crippen LogP contribution in [-0.2, 0) is 27.4 Å². The number of para-hydroxylation sites is 1. The Morgan fingerprint density at radius 1 is 1.06 bits per heavy atom. The number of hydrogen-bond acceptors (Lipinski definition) is 6. The third-order valence-electron chi connectivity index (χ3n) is 5.98. The molecule has 1 heterocycles. The van der Waals surface area contributed by atoms with Gasteiger partial charge in [0.2, 0.25) is 0 Å². The summed E-state index contributed by atoms with van der Waals surface area (Å²) in [6, 6.07) is 13.9. The first kappa shape index (κ1) is 23.3. The number of carbonyl (C=O) groups is 2. The standard InChI is InChI=1S/C25H27N3O6/c1-3-27-24(31)19-6-4-5-7-20(19)28(25(27)32)14-22(30)34-15-21(29)26-23(16-8-9-16)17-10-12-18(33-2)13-11-17/h4-7,10-13,16,23H,3,8-9,14-15H2,1-2H3,(H,26,29). The molecule has 34 heavy (non-hydrogen) atoms. The van der Waals surface area contributed by atoms with Gasteiger partial charge in [-0.25, -0.2) is 4.79 Å². The summed E-state index contributed by atoms with van der Waals surface area (Å²) in [4.78, 5) is 50.3. The number of methoxy groups -OCH3 is 1. The lowest BCUT2D eigenvalue weighted by Crippen LogP contribution is -2.41. The van der Waals surface area contributed by atoms with E-state index in [1.165, 1.54) is 4.57 Å². The Bertz CT molecular complexity index is 1320. The van der Waals surface area contributed by atoms with Crippen molar-refractivity contribution >= 4 is 22.8 Å². The van der Waals surface area contributed by atoms with Crippen LogP contribution in [0.4, 0.5) is 0 Å². The molecular formula is C25H27N3O6. The van der Waals surface area contributed by atoms with Crippen LogP contribution in [-0.4, -0.2) is 34.7 Å². The van der Waals surface area contributed by atoms with Gasteiger partial charge >= 0.3 is 11.7 Å². The maximum atomic E-state index is 12.8. The first-order valence-electron chi connectivity index (χ1n) is 11.2. The van der Waals surface area contributed by atoms with Crippen LogP contribution in [0, 0.1) is 5.92 Å². The molecule has 9 heteroatoms. The van der Waals surface area contributed by atoms with Gasteiger partial charge in [0, 0.05) is 6.54 Å². The second-order valence-corrected chi connectivity index (χ2v) is 8.25. The van der Waals surface area contributed by atoms with Crippen LogP contribution in [0.5, 0.6) is 5.75 Å². The van der Waals surface area contributed by atoms with Gasteiger partial charge in [-0.3, -0.25) is 23.5 Å². The van der Waals surface area contributed by atoms with Gasteiger partial charge in [0.1, 0.15) is 12.3 Å². The predicted octanol–water partition coefficient (Wildman–Crippen LogP) is 2.00. The van der Waals surface area contributed by atoms with Gasteiger partial charge in [0.25, 0.3) is 11.5 Å². The number of carbonyl (C=O) groups excluding carboxylic acids is 2. The number of fused-ring (bicyclic) bond motifs is 1. The monoisotopic (exact) mass is 465 g/mol. The number of benzene rings is 2. The van der Waals surface area contributed by atoms with Crippen molar-refractivity contribution in [3.8, 4) is 5.75 Å². The second kappa shape index (κ2) is 9.94. The number of amides is 1. The Hall–Kier alpha value is -3.88. The Morgan fingerprint density at radius 3 is 2.41 bits per heavy atom. The zero-order chi connectivity index (χ0) is 24.2. The van der Waals surface area contributed by atoms with Gasteiger partial charge in [-0.15, -0.1) is 0 Å². The fourth-order valence-corrected chi connectivity index (χ4v) is 4.05. The van der Waals surface area contributed by atoms with Gasteiger partial charge in [-0.05, 0) is 55.5 Å². The number of hydrogen-bond donors (Lipinski definition) is 1. The minimum absolute atomic E-state index is 0.170. The lowest BCUT2D eigenvalue weighted by Gasteiger charge is -2.19. The molecule has 1 amide bonds. The van der Waals surface area contributed by atoms with Gasteiger partial charge in [0.05, 0.1) is 24.1 Å². The van der Waals surface area contributed by atoms with Gasteiger partial charge < -0.3 is 14.8 Å². The van der Waals surface area contributed by atoms with Crippen LogP contribution >= 0.6 is 0 Å². The summed E-state index contributed by atoms with van der Waals surface area (Å²) < 4.78 is 12.6. The molecule has 2 aromatic carbocycles. The van der Waals surface area contributed by atoms with Crippen molar-refractivity contribution in [2.45, 2.75) is 38.9 Å². The summed E-state index contributed by atoms with van der Waals surface area (Å²) in [5.74, 6) is -0.0864. The molecule has 1 aliphatic carbocycles. The molecule has 0 aliphatic heterocycles. The van der Waals surface area contributed by atoms with E-state index >= 15 is 0 Å². The summed E-state index contributed by atoms with van der Waals surface area (Å²) in [6.07, 6.45) is 2.03. The fraction of sp³-hybridized carbons (Fsp3) is 0.360. The predicted molar refractivity (Wildman–Crippen MR) is 126 cm³/mol. The van der Waals surface area contributed by atoms with E-state index in [2.05, 4.69) is 5.32 Å². The molecule has 1 aromatic heterocycles. The summed E-state index contributed by atoms with van der Waals surface area (Å²) in [5.41, 5.74) is 0.303. The van der Waals surface area contributed by atoms with Crippen LogP contribution in [0.3, 0.4) is 0 Å². The molecule has 4 rings (SSSR count). The number of ether oxygens (including phenoxy) is 2. The summed E-state index contributed by atoms with van der Waals surface area (Å²) in [5, 5.41) is 3.28. The van der Waals surface area contributed by atoms with Gasteiger partial charge in [-0.2, -0.15) is 0 Å². The third kappa shape index (κ3) is 4.88. The van der Waals surface area contributed by atoms with Crippen LogP contribution in [0.1, 0.15) is 31.4 Å². The lowest BCUT2D eigenvalue weighted by molar-refractivity contribution is -0.149. The number of rotatable bonds is 9. The quantitative estimate of drug-likeness (QED) is 0.484. The Morgan fingerprint density at radius 2 is 1.76 bits per heavy atom. The normalized spacial score (nSPS) is 13.9. The van der Waals surface area contributed by atoms with Gasteiger partial charge in [0.15, 0.2) is 6.61 Å². The molecule has 1 aliphatic rings. The van der Waals surface area contributed by atoms with Crippen molar-refractivity contribution in [3.63, 3.8) is 0 Å². The van der Waals surface area contributed by atoms with Gasteiger partial charge in [-0.1, -0.05) is 24.3 Å². The zero-order valence-electron chi connectivity index (χ0n) is 19.2.